The van der Waals surface area contributed by atoms with Gasteiger partial charge in [-0.15, -0.1) is 11.6 Å². The van der Waals surface area contributed by atoms with Gasteiger partial charge in [0.25, 0.3) is 11.6 Å². The van der Waals surface area contributed by atoms with E-state index < -0.39 is 77.7 Å². The highest BCUT2D eigenvalue weighted by molar-refractivity contribution is 7.94. The number of alkyl halides is 6. The Morgan fingerprint density at radius 3 is 2.06 bits per heavy atom. The van der Waals surface area contributed by atoms with Crippen LogP contribution in [0, 0.1) is 10.1 Å². The Morgan fingerprint density at radius 2 is 1.58 bits per heavy atom. The number of esters is 2. The van der Waals surface area contributed by atoms with E-state index in [1.165, 1.54) is 6.92 Å². The van der Waals surface area contributed by atoms with Crippen LogP contribution in [-0.4, -0.2) is 127 Å². The number of nitro groups is 1. The molecule has 1 aliphatic heterocycles. The molecular formula is C49H60Cl4F3N4O16PS. The fourth-order valence-corrected chi connectivity index (χ4v) is 7.23. The molecule has 2 atom stereocenters. The van der Waals surface area contributed by atoms with Crippen molar-refractivity contribution in [3.63, 3.8) is 0 Å². The number of nitrogens with one attached hydrogen (secondary N) is 1. The van der Waals surface area contributed by atoms with Gasteiger partial charge in [-0.2, -0.15) is 13.2 Å². The van der Waals surface area contributed by atoms with E-state index in [9.17, 15) is 56.7 Å². The predicted octanol–water partition coefficient (Wildman–Crippen LogP) is 9.03. The largest absolute Gasteiger partial charge is 0.778 e. The summed E-state index contributed by atoms with van der Waals surface area (Å²) in [6.07, 6.45) is 3.02. The number of hydrogen-bond donors (Lipinski definition) is 3. The molecule has 1 heterocycles. The summed E-state index contributed by atoms with van der Waals surface area (Å²) < 4.78 is 73.4. The van der Waals surface area contributed by atoms with Crippen molar-refractivity contribution >= 4 is 112 Å². The van der Waals surface area contributed by atoms with Gasteiger partial charge in [-0.3, -0.25) is 34.7 Å². The number of amides is 2. The number of methoxy groups -OCH3 is 1. The monoisotopic (exact) mass is 1220 g/mol. The number of rotatable bonds is 18. The van der Waals surface area contributed by atoms with Crippen LogP contribution in [0.15, 0.2) is 78.9 Å². The number of benzene rings is 4. The van der Waals surface area contributed by atoms with E-state index in [0.717, 1.165) is 65.7 Å². The summed E-state index contributed by atoms with van der Waals surface area (Å²) >= 11 is 22.7. The molecule has 29 heteroatoms. The molecule has 432 valence electrons. The number of carboxylic acids is 1. The number of aryl methyl sites for hydroxylation is 2. The third kappa shape index (κ3) is 25.2. The van der Waals surface area contributed by atoms with Gasteiger partial charge in [-0.1, -0.05) is 79.0 Å². The van der Waals surface area contributed by atoms with Gasteiger partial charge in [0.2, 0.25) is 5.91 Å². The zero-order valence-corrected chi connectivity index (χ0v) is 48.2. The molecule has 1 aliphatic rings. The molecule has 5 rings (SSSR count). The molecule has 0 saturated heterocycles. The van der Waals surface area contributed by atoms with Crippen LogP contribution >= 0.6 is 54.0 Å². The maximum atomic E-state index is 12.7. The number of ether oxygens (including phenoxy) is 5. The first-order valence-electron chi connectivity index (χ1n) is 22.9. The third-order valence-corrected chi connectivity index (χ3v) is 11.0. The molecule has 0 saturated carbocycles. The molecule has 0 bridgehead atoms. The molecule has 20 nitrogen and oxygen atoms in total. The lowest BCUT2D eigenvalue weighted by Gasteiger charge is -2.35. The number of hydrogen-bond acceptors (Lipinski definition) is 15. The van der Waals surface area contributed by atoms with Crippen molar-refractivity contribution in [2.45, 2.75) is 57.6 Å². The van der Waals surface area contributed by atoms with E-state index in [1.54, 1.807) is 16.9 Å². The van der Waals surface area contributed by atoms with Crippen LogP contribution in [0.1, 0.15) is 54.7 Å². The summed E-state index contributed by atoms with van der Waals surface area (Å²) in [7, 11) is -2.13. The molecule has 4 aromatic rings. The van der Waals surface area contributed by atoms with Crippen LogP contribution in [0.5, 0.6) is 17.2 Å². The average Bonchev–Trinajstić information content (AvgIpc) is 3.37. The number of halogens is 7. The molecule has 3 N–H and O–H groups in total. The molecule has 0 fully saturated rings. The van der Waals surface area contributed by atoms with Gasteiger partial charge in [-0.05, 0) is 85.1 Å². The standard InChI is InChI=1S/C18H13ClF3NO7.C14H20ClNO2.C11H11Cl2NO2.C3H8NO5P.C3H9S/c1-2-28-16(24)9-29-17(25)12-8-11(4-5-14(12)23(26)27)30-15-6-3-10(7-13(15)19)18(20,21)22;1-4-11-7-6-8-12(5-2)14(11)16(10-18-3)13(17)9-15;1-7-6-16-9-5-3-2-4-8(9)14(7)11(15)10(12)13;5-3(6)1-4-2-10(7,8)9;1-4(2)3/h3-8H,2,9H2,1H3;6-8H,4-5,9-10H2,1-3H3;2-5,7,10H,6H2,1H3;4H,1-2H2,(H,5,6)(H2,7,8,9);1-3H3/q;;;;+1/p-1. The molecule has 0 radical (unpaired) electrons. The number of fused-ring (bicyclic) bond motifs is 1. The summed E-state index contributed by atoms with van der Waals surface area (Å²) in [6, 6.07) is 18.7. The molecule has 4 aromatic carbocycles. The number of para-hydroxylation sites is 3. The van der Waals surface area contributed by atoms with Crippen molar-refractivity contribution in [2.75, 3.05) is 80.9 Å². The Hall–Kier alpha value is -5.40. The second-order valence-electron chi connectivity index (χ2n) is 16.0. The van der Waals surface area contributed by atoms with Gasteiger partial charge in [0.05, 0.1) is 71.1 Å². The third-order valence-electron chi connectivity index (χ3n) is 9.46. The van der Waals surface area contributed by atoms with Crippen molar-refractivity contribution in [3.8, 4) is 17.2 Å². The quantitative estimate of drug-likeness (QED) is 0.0159. The van der Waals surface area contributed by atoms with Crippen LogP contribution in [0.3, 0.4) is 0 Å². The summed E-state index contributed by atoms with van der Waals surface area (Å²) in [6.45, 7) is 7.07. The molecule has 78 heavy (non-hydrogen) atoms. The van der Waals surface area contributed by atoms with Crippen molar-refractivity contribution < 1.29 is 85.2 Å². The normalized spacial score (nSPS) is 13.1. The highest BCUT2D eigenvalue weighted by Crippen LogP contribution is 2.38. The Labute approximate surface area is 471 Å². The van der Waals surface area contributed by atoms with Gasteiger partial charge in [-0.25, -0.2) is 9.59 Å². The summed E-state index contributed by atoms with van der Waals surface area (Å²) in [5.41, 5.74) is 1.80. The first-order valence-corrected chi connectivity index (χ1v) is 28.9. The Bertz CT molecular complexity index is 2650. The molecule has 0 aliphatic carbocycles. The maximum Gasteiger partial charge on any atom is 0.416 e. The lowest BCUT2D eigenvalue weighted by Crippen LogP contribution is -2.47. The molecule has 0 spiro atoms. The highest BCUT2D eigenvalue weighted by Gasteiger charge is 2.33. The zero-order valence-electron chi connectivity index (χ0n) is 43.5. The van der Waals surface area contributed by atoms with Crippen LogP contribution in [0.2, 0.25) is 5.02 Å². The predicted molar refractivity (Wildman–Crippen MR) is 292 cm³/mol. The van der Waals surface area contributed by atoms with Gasteiger partial charge >= 0.3 is 24.1 Å². The van der Waals surface area contributed by atoms with Gasteiger partial charge < -0.3 is 48.0 Å². The number of carbonyl (C=O) groups excluding carboxylic acids is 4. The Balaban J connectivity index is 0.000000543. The van der Waals surface area contributed by atoms with E-state index in [4.69, 9.17) is 75.4 Å². The molecular weight excluding hydrogens is 1160 g/mol. The first kappa shape index (κ1) is 70.6. The molecule has 0 aromatic heterocycles. The summed E-state index contributed by atoms with van der Waals surface area (Å²) in [5, 5.41) is 20.8. The topological polar surface area (TPSA) is 274 Å². The molecule has 2 amide bonds. The second-order valence-corrected chi connectivity index (χ2v) is 21.9. The van der Waals surface area contributed by atoms with Crippen LogP contribution < -0.4 is 29.5 Å². The highest BCUT2D eigenvalue weighted by atomic mass is 35.5. The maximum absolute atomic E-state index is 12.7. The van der Waals surface area contributed by atoms with E-state index in [0.29, 0.717) is 29.3 Å². The minimum Gasteiger partial charge on any atom is -0.778 e. The SMILES string of the molecule is CC1COc2ccccc2N1C(=O)C(Cl)Cl.CCOC(=O)COC(=O)c1cc(Oc2ccc(C(F)(F)F)cc2Cl)ccc1[N+](=O)[O-].CCc1cccc(CC)c1N(COC)C(=O)CCl.C[S+](C)C.O=C(O)CNCP(=O)([O-])O. The second kappa shape index (κ2) is 35.3. The van der Waals surface area contributed by atoms with Crippen molar-refractivity contribution in [2.24, 2.45) is 0 Å². The lowest BCUT2D eigenvalue weighted by molar-refractivity contribution is -0.385. The Morgan fingerprint density at radius 1 is 0.974 bits per heavy atom. The summed E-state index contributed by atoms with van der Waals surface area (Å²) in [4.78, 5) is 87.5. The number of nitro benzene ring substituents is 1. The number of carbonyl (C=O) groups is 5. The van der Waals surface area contributed by atoms with Crippen LogP contribution in [-0.2, 0) is 67.9 Å². The van der Waals surface area contributed by atoms with E-state index in [1.807, 2.05) is 54.7 Å². The van der Waals surface area contributed by atoms with E-state index in [-0.39, 0.29) is 53.6 Å². The van der Waals surface area contributed by atoms with Gasteiger partial charge in [0, 0.05) is 19.2 Å². The smallest absolute Gasteiger partial charge is 0.416 e. The van der Waals surface area contributed by atoms with E-state index in [2.05, 4.69) is 37.4 Å². The minimum atomic E-state index is -4.61. The lowest BCUT2D eigenvalue weighted by atomic mass is 10.0. The fourth-order valence-electron chi connectivity index (χ4n) is 6.26. The zero-order chi connectivity index (χ0) is 59.5. The van der Waals surface area contributed by atoms with Crippen LogP contribution in [0.25, 0.3) is 0 Å². The van der Waals surface area contributed by atoms with E-state index >= 15 is 0 Å². The average molecular weight is 1220 g/mol. The Kier molecular flexibility index (Phi) is 31.9. The van der Waals surface area contributed by atoms with Crippen molar-refractivity contribution in [3.05, 3.63) is 116 Å². The number of nitrogens with zero attached hydrogens (tertiary/aromatic N) is 3. The molecule has 2 unspecified atom stereocenters. The van der Waals surface area contributed by atoms with Gasteiger partial charge in [0.15, 0.2) is 11.4 Å². The number of anilines is 2. The van der Waals surface area contributed by atoms with Crippen LogP contribution in [0.4, 0.5) is 30.2 Å². The van der Waals surface area contributed by atoms with Gasteiger partial charge in [0.1, 0.15) is 49.6 Å². The minimum absolute atomic E-state index is 0.0371. The first-order chi connectivity index (χ1) is 36.5. The summed E-state index contributed by atoms with van der Waals surface area (Å²) in [5.74, 6) is -3.33. The van der Waals surface area contributed by atoms with Crippen molar-refractivity contribution in [1.29, 1.82) is 0 Å². The van der Waals surface area contributed by atoms with Crippen molar-refractivity contribution in [1.82, 2.24) is 5.32 Å². The fraction of sp³-hybridized carbons (Fsp3) is 0.408. The number of aliphatic carboxylic acids is 1. The number of carboxylic acid groups (broad SMARTS) is 1.